The lowest BCUT2D eigenvalue weighted by molar-refractivity contribution is -0.111. The van der Waals surface area contributed by atoms with E-state index in [0.717, 1.165) is 19.0 Å². The molecule has 2 rings (SSSR count). The van der Waals surface area contributed by atoms with E-state index >= 15 is 0 Å². The van der Waals surface area contributed by atoms with Crippen LogP contribution in [0.1, 0.15) is 6.42 Å². The number of nitrogens with one attached hydrogen (secondary N) is 3. The Morgan fingerprint density at radius 2 is 2.15 bits per heavy atom. The molecule has 1 aromatic rings. The molecule has 4 N–H and O–H groups in total. The molecular formula is C13H18N3O3S+. The highest BCUT2D eigenvalue weighted by molar-refractivity contribution is 7.95. The lowest BCUT2D eigenvalue weighted by Gasteiger charge is -2.10. The van der Waals surface area contributed by atoms with Gasteiger partial charge in [0.15, 0.2) is 0 Å². The Hall–Kier alpha value is -1.54. The first-order chi connectivity index (χ1) is 9.51. The topological polar surface area (TPSA) is 90.5 Å². The standard InChI is InChI=1S/C13H17N3O3S/c1-2-13(17)15-10-3-5-12(6-4-10)20(18,19)16-11-7-8-14-9-11/h2-6,11,14H,1,7-9H2,(H2-,15,16,17,18,19)/p+1/t11-/m0/s1. The Morgan fingerprint density at radius 1 is 1.45 bits per heavy atom. The van der Waals surface area contributed by atoms with Gasteiger partial charge in [-0.2, -0.15) is 4.55 Å². The zero-order chi connectivity index (χ0) is 14.6. The van der Waals surface area contributed by atoms with E-state index in [1.54, 1.807) is 12.1 Å². The summed E-state index contributed by atoms with van der Waals surface area (Å²) < 4.78 is 25.1. The normalized spacial score (nSPS) is 21.1. The number of anilines is 1. The van der Waals surface area contributed by atoms with Crippen LogP contribution in [0, 0.1) is 0 Å². The van der Waals surface area contributed by atoms with E-state index in [4.69, 9.17) is 0 Å². The number of rotatable bonds is 5. The molecule has 6 nitrogen and oxygen atoms in total. The highest BCUT2D eigenvalue weighted by Crippen LogP contribution is 2.18. The van der Waals surface area contributed by atoms with Crippen LogP contribution in [0.4, 0.5) is 5.69 Å². The summed E-state index contributed by atoms with van der Waals surface area (Å²) in [5.41, 5.74) is 0.552. The van der Waals surface area contributed by atoms with E-state index < -0.39 is 10.4 Å². The number of carbonyl (C=O) groups excluding carboxylic acids is 1. The monoisotopic (exact) mass is 296 g/mol. The summed E-state index contributed by atoms with van der Waals surface area (Å²) in [7, 11) is -3.27. The molecule has 1 aromatic carbocycles. The van der Waals surface area contributed by atoms with Crippen LogP contribution in [0.15, 0.2) is 41.8 Å². The third-order valence-electron chi connectivity index (χ3n) is 3.01. The molecule has 1 unspecified atom stereocenters. The van der Waals surface area contributed by atoms with Crippen molar-refractivity contribution in [2.24, 2.45) is 0 Å². The summed E-state index contributed by atoms with van der Waals surface area (Å²) in [6.45, 7) is 4.89. The van der Waals surface area contributed by atoms with Gasteiger partial charge < -0.3 is 10.6 Å². The van der Waals surface area contributed by atoms with Gasteiger partial charge in [0.1, 0.15) is 0 Å². The maximum absolute atomic E-state index is 12.2. The number of hydrogen-bond donors (Lipinski definition) is 4. The maximum atomic E-state index is 12.2. The van der Waals surface area contributed by atoms with E-state index in [1.807, 2.05) is 0 Å². The average molecular weight is 296 g/mol. The Balaban J connectivity index is 2.05. The fraction of sp³-hybridized carbons (Fsp3) is 0.308. The zero-order valence-electron chi connectivity index (χ0n) is 11.0. The molecule has 108 valence electrons. The molecule has 1 saturated heterocycles. The molecule has 1 heterocycles. The molecular weight excluding hydrogens is 278 g/mol. The first-order valence-corrected chi connectivity index (χ1v) is 7.81. The molecule has 0 bridgehead atoms. The number of hydrogen-bond acceptors (Lipinski definition) is 3. The van der Waals surface area contributed by atoms with E-state index in [2.05, 4.69) is 21.9 Å². The first-order valence-electron chi connectivity index (χ1n) is 6.29. The lowest BCUT2D eigenvalue weighted by atomic mass is 10.3. The minimum absolute atomic E-state index is 0.00681. The summed E-state index contributed by atoms with van der Waals surface area (Å²) in [4.78, 5) is 11.4. The third kappa shape index (κ3) is 3.73. The van der Waals surface area contributed by atoms with Gasteiger partial charge in [-0.15, -0.1) is 0 Å². The van der Waals surface area contributed by atoms with Crippen molar-refractivity contribution in [2.45, 2.75) is 17.4 Å². The SMILES string of the molecule is C=CC(=O)Nc1ccc([S+](=O)(O)N[C@H]2CCNC2)cc1. The molecule has 1 fully saturated rings. The molecule has 0 saturated carbocycles. The summed E-state index contributed by atoms with van der Waals surface area (Å²) in [6.07, 6.45) is 1.99. The first kappa shape index (κ1) is 14.9. The van der Waals surface area contributed by atoms with Crippen molar-refractivity contribution in [1.82, 2.24) is 10.0 Å². The van der Waals surface area contributed by atoms with Crippen LogP contribution in [0.2, 0.25) is 0 Å². The molecule has 1 amide bonds. The van der Waals surface area contributed by atoms with Crippen molar-refractivity contribution in [3.05, 3.63) is 36.9 Å². The van der Waals surface area contributed by atoms with Gasteiger partial charge in [-0.1, -0.05) is 11.3 Å². The minimum atomic E-state index is -3.27. The van der Waals surface area contributed by atoms with Crippen LogP contribution in [0.3, 0.4) is 0 Å². The predicted molar refractivity (Wildman–Crippen MR) is 78.6 cm³/mol. The van der Waals surface area contributed by atoms with Gasteiger partial charge in [-0.05, 0) is 35.4 Å². The van der Waals surface area contributed by atoms with E-state index in [0.29, 0.717) is 17.1 Å². The van der Waals surface area contributed by atoms with Gasteiger partial charge in [-0.3, -0.25) is 4.79 Å². The van der Waals surface area contributed by atoms with Gasteiger partial charge in [-0.25, -0.2) is 0 Å². The quantitative estimate of drug-likeness (QED) is 0.482. The second-order valence-corrected chi connectivity index (χ2v) is 6.31. The van der Waals surface area contributed by atoms with Gasteiger partial charge in [0.05, 0.1) is 6.04 Å². The third-order valence-corrected chi connectivity index (χ3v) is 4.58. The van der Waals surface area contributed by atoms with E-state index in [1.165, 1.54) is 12.1 Å². The lowest BCUT2D eigenvalue weighted by Crippen LogP contribution is -2.40. The molecule has 0 aliphatic carbocycles. The van der Waals surface area contributed by atoms with Gasteiger partial charge in [0.25, 0.3) is 0 Å². The number of carbonyl (C=O) groups is 1. The van der Waals surface area contributed by atoms with E-state index in [9.17, 15) is 13.6 Å². The van der Waals surface area contributed by atoms with Crippen LogP contribution in [0.5, 0.6) is 0 Å². The molecule has 1 aliphatic heterocycles. The van der Waals surface area contributed by atoms with Crippen molar-refractivity contribution in [3.63, 3.8) is 0 Å². The molecule has 7 heteroatoms. The van der Waals surface area contributed by atoms with Gasteiger partial charge in [0, 0.05) is 24.4 Å². The molecule has 1 aliphatic rings. The van der Waals surface area contributed by atoms with Crippen LogP contribution in [0.25, 0.3) is 0 Å². The molecule has 2 atom stereocenters. The smallest absolute Gasteiger partial charge is 0.323 e. The summed E-state index contributed by atoms with van der Waals surface area (Å²) in [6, 6.07) is 6.21. The zero-order valence-corrected chi connectivity index (χ0v) is 11.8. The summed E-state index contributed by atoms with van der Waals surface area (Å²) in [5.74, 6) is -0.322. The van der Waals surface area contributed by atoms with Crippen molar-refractivity contribution in [2.75, 3.05) is 18.4 Å². The predicted octanol–water partition coefficient (Wildman–Crippen LogP) is 1.01. The number of benzene rings is 1. The molecule has 20 heavy (non-hydrogen) atoms. The second-order valence-electron chi connectivity index (χ2n) is 4.55. The second kappa shape index (κ2) is 6.27. The van der Waals surface area contributed by atoms with Crippen LogP contribution >= 0.6 is 0 Å². The summed E-state index contributed by atoms with van der Waals surface area (Å²) >= 11 is 0. The van der Waals surface area contributed by atoms with Gasteiger partial charge >= 0.3 is 10.4 Å². The largest absolute Gasteiger partial charge is 0.323 e. The fourth-order valence-electron chi connectivity index (χ4n) is 1.97. The van der Waals surface area contributed by atoms with Crippen LogP contribution in [-0.2, 0) is 19.4 Å². The van der Waals surface area contributed by atoms with Crippen LogP contribution < -0.4 is 15.4 Å². The molecule has 0 radical (unpaired) electrons. The Morgan fingerprint density at radius 3 is 2.70 bits per heavy atom. The Bertz CT molecular complexity index is 538. The molecule has 0 aromatic heterocycles. The maximum Gasteiger partial charge on any atom is 0.323 e. The highest BCUT2D eigenvalue weighted by atomic mass is 32.3. The summed E-state index contributed by atoms with van der Waals surface area (Å²) in [5, 5.41) is 5.71. The minimum Gasteiger partial charge on any atom is -0.323 e. The Kier molecular flexibility index (Phi) is 4.66. The van der Waals surface area contributed by atoms with Crippen molar-refractivity contribution in [3.8, 4) is 0 Å². The van der Waals surface area contributed by atoms with Crippen LogP contribution in [-0.4, -0.2) is 29.6 Å². The Labute approximate surface area is 119 Å². The average Bonchev–Trinajstić information content (AvgIpc) is 2.91. The van der Waals surface area contributed by atoms with Crippen molar-refractivity contribution < 1.29 is 13.6 Å². The number of amides is 1. The highest BCUT2D eigenvalue weighted by Gasteiger charge is 2.33. The van der Waals surface area contributed by atoms with E-state index in [-0.39, 0.29) is 11.9 Å². The van der Waals surface area contributed by atoms with Crippen molar-refractivity contribution in [1.29, 1.82) is 0 Å². The van der Waals surface area contributed by atoms with Crippen molar-refractivity contribution >= 4 is 22.0 Å². The molecule has 0 spiro atoms. The van der Waals surface area contributed by atoms with Gasteiger partial charge in [0.2, 0.25) is 10.8 Å². The fourth-order valence-corrected chi connectivity index (χ4v) is 3.26.